The summed E-state index contributed by atoms with van der Waals surface area (Å²) in [6.45, 7) is 5.03. The van der Waals surface area contributed by atoms with Crippen LogP contribution in [0, 0.1) is 5.92 Å². The second-order valence-electron chi connectivity index (χ2n) is 7.07. The number of hydrogen-bond acceptors (Lipinski definition) is 5. The van der Waals surface area contributed by atoms with E-state index in [0.717, 1.165) is 70.7 Å². The number of methoxy groups -OCH3 is 1. The van der Waals surface area contributed by atoms with Crippen molar-refractivity contribution in [3.8, 4) is 0 Å². The summed E-state index contributed by atoms with van der Waals surface area (Å²) >= 11 is 0. The van der Waals surface area contributed by atoms with Gasteiger partial charge in [0.1, 0.15) is 0 Å². The van der Waals surface area contributed by atoms with Gasteiger partial charge in [-0.25, -0.2) is 4.98 Å². The molecule has 3 rings (SSSR count). The Morgan fingerprint density at radius 3 is 2.84 bits per heavy atom. The van der Waals surface area contributed by atoms with Gasteiger partial charge in [-0.2, -0.15) is 0 Å². The molecule has 0 spiro atoms. The van der Waals surface area contributed by atoms with Gasteiger partial charge in [-0.1, -0.05) is 0 Å². The number of carbonyl (C=O) groups is 1. The fraction of sp³-hybridized carbons (Fsp3) is 0.722. The van der Waals surface area contributed by atoms with Crippen LogP contribution >= 0.6 is 0 Å². The van der Waals surface area contributed by atoms with Crippen molar-refractivity contribution >= 4 is 5.91 Å². The van der Waals surface area contributed by atoms with Gasteiger partial charge in [0.25, 0.3) is 5.56 Å². The molecule has 1 N–H and O–H groups in total. The van der Waals surface area contributed by atoms with Gasteiger partial charge in [0.05, 0.1) is 24.5 Å². The van der Waals surface area contributed by atoms with Crippen molar-refractivity contribution in [3.63, 3.8) is 0 Å². The van der Waals surface area contributed by atoms with Crippen molar-refractivity contribution in [2.75, 3.05) is 46.4 Å². The predicted octanol–water partition coefficient (Wildman–Crippen LogP) is 0.834. The summed E-state index contributed by atoms with van der Waals surface area (Å²) in [5, 5.41) is 0. The van der Waals surface area contributed by atoms with E-state index in [4.69, 9.17) is 4.74 Å². The Morgan fingerprint density at radius 1 is 1.32 bits per heavy atom. The molecule has 2 aliphatic rings. The first-order valence-corrected chi connectivity index (χ1v) is 9.22. The van der Waals surface area contributed by atoms with Crippen molar-refractivity contribution < 1.29 is 9.53 Å². The van der Waals surface area contributed by atoms with Gasteiger partial charge < -0.3 is 19.5 Å². The number of piperidine rings is 2. The first-order valence-electron chi connectivity index (χ1n) is 9.22. The van der Waals surface area contributed by atoms with Crippen LogP contribution < -0.4 is 5.56 Å². The molecule has 0 unspecified atom stereocenters. The highest BCUT2D eigenvalue weighted by atomic mass is 16.5. The molecule has 1 aromatic rings. The molecule has 2 aliphatic heterocycles. The summed E-state index contributed by atoms with van der Waals surface area (Å²) in [4.78, 5) is 35.5. The third-order valence-corrected chi connectivity index (χ3v) is 5.39. The number of carbonyl (C=O) groups excluding carboxylic acids is 1. The second-order valence-corrected chi connectivity index (χ2v) is 7.07. The van der Waals surface area contributed by atoms with E-state index < -0.39 is 0 Å². The monoisotopic (exact) mass is 348 g/mol. The van der Waals surface area contributed by atoms with Gasteiger partial charge in [-0.15, -0.1) is 0 Å². The number of amides is 1. The van der Waals surface area contributed by atoms with Gasteiger partial charge >= 0.3 is 0 Å². The van der Waals surface area contributed by atoms with Crippen molar-refractivity contribution in [2.24, 2.45) is 5.92 Å². The lowest BCUT2D eigenvalue weighted by atomic mass is 9.91. The van der Waals surface area contributed by atoms with Crippen LogP contribution in [0.4, 0.5) is 0 Å². The number of nitrogens with zero attached hydrogens (tertiary/aromatic N) is 3. The van der Waals surface area contributed by atoms with Crippen molar-refractivity contribution in [1.82, 2.24) is 19.8 Å². The van der Waals surface area contributed by atoms with E-state index in [9.17, 15) is 9.59 Å². The molecule has 2 fully saturated rings. The van der Waals surface area contributed by atoms with Gasteiger partial charge in [0.15, 0.2) is 0 Å². The summed E-state index contributed by atoms with van der Waals surface area (Å²) in [5.41, 5.74) is 0.737. The maximum atomic E-state index is 12.9. The highest BCUT2D eigenvalue weighted by Crippen LogP contribution is 2.28. The summed E-state index contributed by atoms with van der Waals surface area (Å²) in [7, 11) is 1.71. The van der Waals surface area contributed by atoms with Gasteiger partial charge in [-0.3, -0.25) is 9.59 Å². The van der Waals surface area contributed by atoms with E-state index in [1.54, 1.807) is 13.2 Å². The maximum absolute atomic E-state index is 12.9. The number of ether oxygens (including phenoxy) is 1. The van der Waals surface area contributed by atoms with Crippen LogP contribution in [-0.2, 0) is 9.53 Å². The molecule has 25 heavy (non-hydrogen) atoms. The Bertz CT molecular complexity index is 625. The fourth-order valence-corrected chi connectivity index (χ4v) is 3.94. The number of aromatic nitrogens is 2. The number of rotatable bonds is 5. The van der Waals surface area contributed by atoms with Gasteiger partial charge in [0.2, 0.25) is 5.91 Å². The lowest BCUT2D eigenvalue weighted by Crippen LogP contribution is -2.47. The van der Waals surface area contributed by atoms with Crippen LogP contribution in [0.25, 0.3) is 0 Å². The second kappa shape index (κ2) is 8.58. The average molecular weight is 348 g/mol. The molecule has 1 atom stereocenters. The van der Waals surface area contributed by atoms with Crippen LogP contribution in [0.5, 0.6) is 0 Å². The molecule has 0 saturated carbocycles. The predicted molar refractivity (Wildman–Crippen MR) is 94.5 cm³/mol. The highest BCUT2D eigenvalue weighted by molar-refractivity contribution is 5.79. The highest BCUT2D eigenvalue weighted by Gasteiger charge is 2.31. The van der Waals surface area contributed by atoms with Crippen LogP contribution in [0.1, 0.15) is 37.3 Å². The zero-order chi connectivity index (χ0) is 17.6. The molecule has 1 amide bonds. The fourth-order valence-electron chi connectivity index (χ4n) is 3.94. The molecule has 0 aromatic carbocycles. The molecular weight excluding hydrogens is 320 g/mol. The van der Waals surface area contributed by atoms with Gasteiger partial charge in [-0.05, 0) is 32.2 Å². The normalized spacial score (nSPS) is 22.9. The lowest BCUT2D eigenvalue weighted by molar-refractivity contribution is -0.138. The molecule has 0 bridgehead atoms. The number of hydrogen-bond donors (Lipinski definition) is 1. The minimum Gasteiger partial charge on any atom is -0.383 e. The van der Waals surface area contributed by atoms with Crippen LogP contribution in [0.2, 0.25) is 0 Å². The third kappa shape index (κ3) is 4.67. The molecule has 0 aliphatic carbocycles. The Hall–Kier alpha value is -1.73. The number of H-pyrrole nitrogens is 1. The molecule has 3 heterocycles. The van der Waals surface area contributed by atoms with Crippen molar-refractivity contribution in [3.05, 3.63) is 28.4 Å². The SMILES string of the molecule is COCCN1CCC[C@@H](C(=O)N2CCC(c3cc(=O)[nH]cn3)CC2)C1. The molecule has 2 saturated heterocycles. The Kier molecular flexibility index (Phi) is 6.20. The standard InChI is InChI=1S/C18H28N4O3/c1-25-10-9-21-6-2-3-15(12-21)18(24)22-7-4-14(5-8-22)16-11-17(23)20-13-19-16/h11,13-15H,2-10,12H2,1H3,(H,19,20,23)/t15-/m1/s1. The lowest BCUT2D eigenvalue weighted by Gasteiger charge is -2.37. The Morgan fingerprint density at radius 2 is 2.12 bits per heavy atom. The quantitative estimate of drug-likeness (QED) is 0.853. The van der Waals surface area contributed by atoms with E-state index in [0.29, 0.717) is 5.91 Å². The van der Waals surface area contributed by atoms with Crippen LogP contribution in [-0.4, -0.2) is 72.1 Å². The summed E-state index contributed by atoms with van der Waals surface area (Å²) < 4.78 is 5.15. The van der Waals surface area contributed by atoms with Gasteiger partial charge in [0, 0.05) is 45.3 Å². The van der Waals surface area contributed by atoms with E-state index in [2.05, 4.69) is 14.9 Å². The molecule has 1 aromatic heterocycles. The first-order chi connectivity index (χ1) is 12.2. The van der Waals surface area contributed by atoms with E-state index in [1.807, 2.05) is 4.90 Å². The largest absolute Gasteiger partial charge is 0.383 e. The Balaban J connectivity index is 1.52. The van der Waals surface area contributed by atoms with E-state index in [-0.39, 0.29) is 17.4 Å². The van der Waals surface area contributed by atoms with Crippen molar-refractivity contribution in [2.45, 2.75) is 31.6 Å². The molecule has 7 heteroatoms. The minimum absolute atomic E-state index is 0.109. The number of nitrogens with one attached hydrogen (secondary N) is 1. The number of aromatic amines is 1. The topological polar surface area (TPSA) is 78.5 Å². The van der Waals surface area contributed by atoms with Crippen LogP contribution in [0.15, 0.2) is 17.2 Å². The maximum Gasteiger partial charge on any atom is 0.250 e. The minimum atomic E-state index is -0.109. The first kappa shape index (κ1) is 18.1. The average Bonchev–Trinajstić information content (AvgIpc) is 2.66. The third-order valence-electron chi connectivity index (χ3n) is 5.39. The molecule has 0 radical (unpaired) electrons. The van der Waals surface area contributed by atoms with E-state index >= 15 is 0 Å². The summed E-state index contributed by atoms with van der Waals surface area (Å²) in [5.74, 6) is 0.676. The summed E-state index contributed by atoms with van der Waals surface area (Å²) in [6.07, 6.45) is 5.28. The van der Waals surface area contributed by atoms with E-state index in [1.165, 1.54) is 6.33 Å². The zero-order valence-corrected chi connectivity index (χ0v) is 14.9. The van der Waals surface area contributed by atoms with Crippen LogP contribution in [0.3, 0.4) is 0 Å². The molecule has 138 valence electrons. The Labute approximate surface area is 148 Å². The smallest absolute Gasteiger partial charge is 0.250 e. The zero-order valence-electron chi connectivity index (χ0n) is 14.9. The summed E-state index contributed by atoms with van der Waals surface area (Å²) in [6, 6.07) is 1.58. The molecular formula is C18H28N4O3. The molecule has 7 nitrogen and oxygen atoms in total. The van der Waals surface area contributed by atoms with Crippen molar-refractivity contribution in [1.29, 1.82) is 0 Å². The number of likely N-dealkylation sites (tertiary alicyclic amines) is 2.